The number of fused-ring (bicyclic) bond motifs is 1. The molecule has 1 aromatic rings. The third-order valence-corrected chi connectivity index (χ3v) is 7.53. The molecule has 162 valence electrons. The van der Waals surface area contributed by atoms with E-state index in [0.29, 0.717) is 12.1 Å². The van der Waals surface area contributed by atoms with Crippen LogP contribution in [0.1, 0.15) is 44.1 Å². The molecule has 1 heterocycles. The van der Waals surface area contributed by atoms with Gasteiger partial charge in [-0.2, -0.15) is 21.6 Å². The normalized spacial score (nSPS) is 23.2. The van der Waals surface area contributed by atoms with Gasteiger partial charge in [-0.05, 0) is 54.1 Å². The van der Waals surface area contributed by atoms with Crippen molar-refractivity contribution >= 4 is 26.0 Å². The van der Waals surface area contributed by atoms with Crippen LogP contribution in [0.25, 0.3) is 0 Å². The highest BCUT2D eigenvalue weighted by atomic mass is 79.9. The first kappa shape index (κ1) is 21.2. The standard InChI is InChI=1S/C18H20BrF4NO4S/c19-14-8-15(20)17-13(16(14)28-29(25,26)18(21,22)23)7-12(9-27-17)24(10-3-1-4-10)11-5-2-6-11/h8,10-12H,1-7,9H2/t12-/m1/s1. The van der Waals surface area contributed by atoms with Gasteiger partial charge in [-0.25, -0.2) is 4.39 Å². The van der Waals surface area contributed by atoms with Crippen LogP contribution in [0, 0.1) is 5.82 Å². The van der Waals surface area contributed by atoms with Gasteiger partial charge in [0.2, 0.25) is 0 Å². The fraction of sp³-hybridized carbons (Fsp3) is 0.667. The molecular formula is C18H20BrF4NO4S. The van der Waals surface area contributed by atoms with Crippen molar-refractivity contribution in [1.82, 2.24) is 4.90 Å². The van der Waals surface area contributed by atoms with Crippen LogP contribution in [0.2, 0.25) is 0 Å². The van der Waals surface area contributed by atoms with Gasteiger partial charge in [0.15, 0.2) is 17.3 Å². The van der Waals surface area contributed by atoms with Crippen LogP contribution in [-0.4, -0.2) is 43.6 Å². The Kier molecular flexibility index (Phi) is 5.52. The molecule has 0 N–H and O–H groups in total. The predicted molar refractivity (Wildman–Crippen MR) is 99.8 cm³/mol. The van der Waals surface area contributed by atoms with Crippen LogP contribution < -0.4 is 8.92 Å². The summed E-state index contributed by atoms with van der Waals surface area (Å²) in [5.74, 6) is -1.59. The molecule has 5 nitrogen and oxygen atoms in total. The van der Waals surface area contributed by atoms with E-state index in [1.807, 2.05) is 0 Å². The zero-order chi connectivity index (χ0) is 21.0. The highest BCUT2D eigenvalue weighted by Gasteiger charge is 2.50. The van der Waals surface area contributed by atoms with E-state index in [2.05, 4.69) is 25.0 Å². The molecular weight excluding hydrogens is 482 g/mol. The van der Waals surface area contributed by atoms with E-state index in [-0.39, 0.29) is 34.9 Å². The van der Waals surface area contributed by atoms with Crippen LogP contribution in [0.3, 0.4) is 0 Å². The fourth-order valence-electron chi connectivity index (χ4n) is 4.15. The number of halogens is 5. The van der Waals surface area contributed by atoms with E-state index in [9.17, 15) is 26.0 Å². The Bertz CT molecular complexity index is 886. The minimum atomic E-state index is -5.90. The lowest BCUT2D eigenvalue weighted by Gasteiger charge is -2.51. The van der Waals surface area contributed by atoms with Crippen LogP contribution in [0.4, 0.5) is 17.6 Å². The summed E-state index contributed by atoms with van der Waals surface area (Å²) in [6.07, 6.45) is 6.56. The fourth-order valence-corrected chi connectivity index (χ4v) is 5.28. The van der Waals surface area contributed by atoms with Crippen LogP contribution >= 0.6 is 15.9 Å². The molecule has 1 aliphatic heterocycles. The van der Waals surface area contributed by atoms with Gasteiger partial charge in [-0.15, -0.1) is 0 Å². The van der Waals surface area contributed by atoms with Gasteiger partial charge < -0.3 is 8.92 Å². The molecule has 2 fully saturated rings. The molecule has 2 aliphatic carbocycles. The van der Waals surface area contributed by atoms with Crippen molar-refractivity contribution in [3.05, 3.63) is 21.9 Å². The van der Waals surface area contributed by atoms with E-state index in [1.54, 1.807) is 0 Å². The Morgan fingerprint density at radius 2 is 1.69 bits per heavy atom. The van der Waals surface area contributed by atoms with E-state index < -0.39 is 27.2 Å². The summed E-state index contributed by atoms with van der Waals surface area (Å²) in [5, 5.41) is 0. The minimum Gasteiger partial charge on any atom is -0.488 e. The third-order valence-electron chi connectivity index (χ3n) is 5.99. The number of benzene rings is 1. The lowest BCUT2D eigenvalue weighted by Crippen LogP contribution is -2.57. The Hall–Kier alpha value is -1.07. The monoisotopic (exact) mass is 501 g/mol. The maximum absolute atomic E-state index is 14.4. The molecule has 0 radical (unpaired) electrons. The molecule has 2 saturated carbocycles. The Morgan fingerprint density at radius 1 is 1.10 bits per heavy atom. The second kappa shape index (κ2) is 7.56. The topological polar surface area (TPSA) is 55.8 Å². The van der Waals surface area contributed by atoms with E-state index >= 15 is 0 Å². The summed E-state index contributed by atoms with van der Waals surface area (Å²) in [5.41, 5.74) is -5.59. The van der Waals surface area contributed by atoms with Gasteiger partial charge in [-0.1, -0.05) is 12.8 Å². The Labute approximate surface area is 174 Å². The van der Waals surface area contributed by atoms with Gasteiger partial charge in [0.05, 0.1) is 4.47 Å². The highest BCUT2D eigenvalue weighted by Crippen LogP contribution is 2.45. The lowest BCUT2D eigenvalue weighted by atomic mass is 9.82. The molecule has 29 heavy (non-hydrogen) atoms. The number of ether oxygens (including phenoxy) is 1. The maximum atomic E-state index is 14.4. The molecule has 0 spiro atoms. The Balaban J connectivity index is 1.69. The molecule has 1 atom stereocenters. The lowest BCUT2D eigenvalue weighted by molar-refractivity contribution is -0.0501. The largest absolute Gasteiger partial charge is 0.534 e. The van der Waals surface area contributed by atoms with Gasteiger partial charge in [-0.3, -0.25) is 4.90 Å². The molecule has 0 aromatic heterocycles. The first-order valence-electron chi connectivity index (χ1n) is 9.50. The van der Waals surface area contributed by atoms with E-state index in [4.69, 9.17) is 4.74 Å². The van der Waals surface area contributed by atoms with Crippen LogP contribution in [0.15, 0.2) is 10.5 Å². The number of nitrogens with zero attached hydrogens (tertiary/aromatic N) is 1. The molecule has 0 unspecified atom stereocenters. The maximum Gasteiger partial charge on any atom is 0.534 e. The average Bonchev–Trinajstić information content (AvgIpc) is 2.53. The van der Waals surface area contributed by atoms with E-state index in [1.165, 1.54) is 0 Å². The van der Waals surface area contributed by atoms with Crippen molar-refractivity contribution in [2.24, 2.45) is 0 Å². The molecule has 0 amide bonds. The third kappa shape index (κ3) is 3.85. The van der Waals surface area contributed by atoms with Crippen molar-refractivity contribution < 1.29 is 34.9 Å². The average molecular weight is 502 g/mol. The molecule has 4 rings (SSSR count). The number of alkyl halides is 3. The van der Waals surface area contributed by atoms with Gasteiger partial charge in [0.1, 0.15) is 6.61 Å². The van der Waals surface area contributed by atoms with Crippen LogP contribution in [0.5, 0.6) is 11.5 Å². The summed E-state index contributed by atoms with van der Waals surface area (Å²) >= 11 is 2.94. The molecule has 0 saturated heterocycles. The molecule has 3 aliphatic rings. The van der Waals surface area contributed by atoms with Crippen molar-refractivity contribution in [3.63, 3.8) is 0 Å². The zero-order valence-electron chi connectivity index (χ0n) is 15.3. The number of rotatable bonds is 5. The summed E-state index contributed by atoms with van der Waals surface area (Å²) in [6, 6.07) is 1.42. The molecule has 0 bridgehead atoms. The zero-order valence-corrected chi connectivity index (χ0v) is 17.7. The molecule has 11 heteroatoms. The van der Waals surface area contributed by atoms with Crippen molar-refractivity contribution in [3.8, 4) is 11.5 Å². The second-order valence-electron chi connectivity index (χ2n) is 7.75. The smallest absolute Gasteiger partial charge is 0.488 e. The number of hydrogen-bond acceptors (Lipinski definition) is 5. The highest BCUT2D eigenvalue weighted by molar-refractivity contribution is 9.10. The van der Waals surface area contributed by atoms with Crippen molar-refractivity contribution in [1.29, 1.82) is 0 Å². The van der Waals surface area contributed by atoms with Crippen molar-refractivity contribution in [2.45, 2.75) is 68.6 Å². The van der Waals surface area contributed by atoms with Gasteiger partial charge >= 0.3 is 15.6 Å². The summed E-state index contributed by atoms with van der Waals surface area (Å²) in [7, 11) is -5.90. The van der Waals surface area contributed by atoms with Gasteiger partial charge in [0.25, 0.3) is 0 Å². The minimum absolute atomic E-state index is 0.00426. The van der Waals surface area contributed by atoms with Crippen molar-refractivity contribution in [2.75, 3.05) is 6.61 Å². The second-order valence-corrected chi connectivity index (χ2v) is 10.1. The SMILES string of the molecule is O=S(=O)(Oc1c(Br)cc(F)c2c1C[C@@H](N(C1CCC1)C1CCC1)CO2)C(F)(F)F. The summed E-state index contributed by atoms with van der Waals surface area (Å²) in [4.78, 5) is 2.34. The first-order valence-corrected chi connectivity index (χ1v) is 11.7. The first-order chi connectivity index (χ1) is 13.6. The number of hydrogen-bond donors (Lipinski definition) is 0. The molecule has 1 aromatic carbocycles. The Morgan fingerprint density at radius 3 is 2.17 bits per heavy atom. The summed E-state index contributed by atoms with van der Waals surface area (Å²) < 4.78 is 85.9. The summed E-state index contributed by atoms with van der Waals surface area (Å²) in [6.45, 7) is 0.198. The van der Waals surface area contributed by atoms with Gasteiger partial charge in [0, 0.05) is 23.7 Å². The predicted octanol–water partition coefficient (Wildman–Crippen LogP) is 4.53. The quantitative estimate of drug-likeness (QED) is 0.337. The van der Waals surface area contributed by atoms with E-state index in [0.717, 1.165) is 44.6 Å². The van der Waals surface area contributed by atoms with Crippen LogP contribution in [-0.2, 0) is 16.5 Å².